The van der Waals surface area contributed by atoms with Crippen molar-refractivity contribution < 1.29 is 14.3 Å². The summed E-state index contributed by atoms with van der Waals surface area (Å²) in [4.78, 5) is 16.7. The molecule has 1 amide bonds. The molecule has 0 fully saturated rings. The van der Waals surface area contributed by atoms with Crippen molar-refractivity contribution >= 4 is 17.3 Å². The van der Waals surface area contributed by atoms with E-state index in [9.17, 15) is 10.1 Å². The average Bonchev–Trinajstić information content (AvgIpc) is 3.18. The van der Waals surface area contributed by atoms with Crippen LogP contribution in [0.15, 0.2) is 53.5 Å². The molecule has 0 saturated heterocycles. The highest BCUT2D eigenvalue weighted by Crippen LogP contribution is 2.50. The third-order valence-electron chi connectivity index (χ3n) is 7.10. The summed E-state index contributed by atoms with van der Waals surface area (Å²) in [5.41, 5.74) is 8.28. The molecule has 2 heterocycles. The number of carbonyl (C=O) groups is 1. The molecule has 0 radical (unpaired) electrons. The van der Waals surface area contributed by atoms with Crippen molar-refractivity contribution in [1.29, 1.82) is 5.26 Å². The monoisotopic (exact) mass is 507 g/mol. The Bertz CT molecular complexity index is 1510. The van der Waals surface area contributed by atoms with Crippen LogP contribution in [0.3, 0.4) is 0 Å². The topological polar surface area (TPSA) is 83.7 Å². The maximum atomic E-state index is 11.4. The molecular formula is C32H33N3O3. The van der Waals surface area contributed by atoms with Crippen molar-refractivity contribution in [2.75, 3.05) is 12.4 Å². The lowest BCUT2D eigenvalue weighted by atomic mass is 9.78. The fourth-order valence-electron chi connectivity index (χ4n) is 5.67. The number of fused-ring (bicyclic) bond motifs is 3. The second-order valence-electron chi connectivity index (χ2n) is 11.3. The predicted molar refractivity (Wildman–Crippen MR) is 150 cm³/mol. The number of amides is 1. The third kappa shape index (κ3) is 4.65. The minimum atomic E-state index is -0.385. The number of aliphatic imine (C=N–C) groups is 1. The van der Waals surface area contributed by atoms with E-state index in [1.54, 1.807) is 7.11 Å². The van der Waals surface area contributed by atoms with Gasteiger partial charge in [0.25, 0.3) is 0 Å². The molecule has 6 heteroatoms. The molecule has 1 N–H and O–H groups in total. The predicted octanol–water partition coefficient (Wildman–Crippen LogP) is 6.27. The quantitative estimate of drug-likeness (QED) is 0.441. The van der Waals surface area contributed by atoms with Gasteiger partial charge in [0.2, 0.25) is 5.91 Å². The molecule has 6 nitrogen and oxygen atoms in total. The van der Waals surface area contributed by atoms with Crippen LogP contribution in [0.2, 0.25) is 0 Å². The van der Waals surface area contributed by atoms with E-state index in [-0.39, 0.29) is 23.5 Å². The number of benzene rings is 3. The highest BCUT2D eigenvalue weighted by atomic mass is 16.5. The fraction of sp³-hybridized carbons (Fsp3) is 0.344. The first-order valence-corrected chi connectivity index (χ1v) is 12.9. The van der Waals surface area contributed by atoms with Crippen LogP contribution in [-0.4, -0.2) is 29.9 Å². The SMILES string of the molecule is COc1c(CC#N)c2c(c3c1OC(C)(C)C3)C(c1cccc(-c3ccc(NC(C)=O)cc3)c1)=NC(C)(C)C2. The smallest absolute Gasteiger partial charge is 0.221 e. The zero-order valence-electron chi connectivity index (χ0n) is 22.9. The summed E-state index contributed by atoms with van der Waals surface area (Å²) in [6.07, 6.45) is 1.70. The van der Waals surface area contributed by atoms with Crippen LogP contribution in [0.25, 0.3) is 11.1 Å². The van der Waals surface area contributed by atoms with Crippen molar-refractivity contribution in [3.8, 4) is 28.7 Å². The molecule has 0 atom stereocenters. The highest BCUT2D eigenvalue weighted by molar-refractivity contribution is 6.16. The summed E-state index contributed by atoms with van der Waals surface area (Å²) in [7, 11) is 1.65. The number of nitriles is 1. The van der Waals surface area contributed by atoms with Crippen molar-refractivity contribution in [3.63, 3.8) is 0 Å². The van der Waals surface area contributed by atoms with Gasteiger partial charge >= 0.3 is 0 Å². The molecule has 2 aliphatic rings. The van der Waals surface area contributed by atoms with Crippen LogP contribution < -0.4 is 14.8 Å². The maximum Gasteiger partial charge on any atom is 0.221 e. The molecule has 38 heavy (non-hydrogen) atoms. The second-order valence-corrected chi connectivity index (χ2v) is 11.3. The van der Waals surface area contributed by atoms with Crippen molar-refractivity contribution in [3.05, 3.63) is 76.3 Å². The van der Waals surface area contributed by atoms with Crippen LogP contribution in [0.5, 0.6) is 11.5 Å². The van der Waals surface area contributed by atoms with Crippen molar-refractivity contribution in [2.45, 2.75) is 65.0 Å². The van der Waals surface area contributed by atoms with E-state index in [2.05, 4.69) is 63.3 Å². The minimum absolute atomic E-state index is 0.0941. The summed E-state index contributed by atoms with van der Waals surface area (Å²) < 4.78 is 12.3. The van der Waals surface area contributed by atoms with Gasteiger partial charge in [-0.1, -0.05) is 30.3 Å². The first-order valence-electron chi connectivity index (χ1n) is 12.9. The molecule has 0 aromatic heterocycles. The fourth-order valence-corrected chi connectivity index (χ4v) is 5.67. The Balaban J connectivity index is 1.69. The largest absolute Gasteiger partial charge is 0.493 e. The molecule has 0 saturated carbocycles. The Morgan fingerprint density at radius 3 is 2.42 bits per heavy atom. The van der Waals surface area contributed by atoms with Gasteiger partial charge < -0.3 is 14.8 Å². The number of ether oxygens (including phenoxy) is 2. The number of nitrogens with one attached hydrogen (secondary N) is 1. The van der Waals surface area contributed by atoms with Crippen LogP contribution in [0.4, 0.5) is 5.69 Å². The van der Waals surface area contributed by atoms with Gasteiger partial charge in [0.05, 0.1) is 30.9 Å². The number of anilines is 1. The summed E-state index contributed by atoms with van der Waals surface area (Å²) in [5.74, 6) is 1.32. The summed E-state index contributed by atoms with van der Waals surface area (Å²) in [6, 6.07) is 18.6. The van der Waals surface area contributed by atoms with E-state index in [0.717, 1.165) is 68.9 Å². The van der Waals surface area contributed by atoms with Crippen molar-refractivity contribution in [2.24, 2.45) is 4.99 Å². The van der Waals surface area contributed by atoms with Crippen LogP contribution >= 0.6 is 0 Å². The van der Waals surface area contributed by atoms with Gasteiger partial charge in [-0.3, -0.25) is 9.79 Å². The summed E-state index contributed by atoms with van der Waals surface area (Å²) >= 11 is 0. The third-order valence-corrected chi connectivity index (χ3v) is 7.10. The van der Waals surface area contributed by atoms with E-state index in [4.69, 9.17) is 14.5 Å². The zero-order chi connectivity index (χ0) is 27.2. The van der Waals surface area contributed by atoms with Gasteiger partial charge in [-0.05, 0) is 69.0 Å². The molecule has 3 aromatic carbocycles. The maximum absolute atomic E-state index is 11.4. The molecule has 0 aliphatic carbocycles. The number of rotatable bonds is 5. The number of methoxy groups -OCH3 is 1. The van der Waals surface area contributed by atoms with E-state index in [1.165, 1.54) is 6.92 Å². The van der Waals surface area contributed by atoms with Gasteiger partial charge in [-0.25, -0.2) is 0 Å². The number of nitrogens with zero attached hydrogens (tertiary/aromatic N) is 2. The van der Waals surface area contributed by atoms with E-state index >= 15 is 0 Å². The van der Waals surface area contributed by atoms with Gasteiger partial charge in [0.15, 0.2) is 11.5 Å². The Morgan fingerprint density at radius 2 is 1.76 bits per heavy atom. The molecular weight excluding hydrogens is 474 g/mol. The van der Waals surface area contributed by atoms with E-state index < -0.39 is 0 Å². The van der Waals surface area contributed by atoms with E-state index in [1.807, 2.05) is 24.3 Å². The molecule has 5 rings (SSSR count). The Kier molecular flexibility index (Phi) is 6.27. The number of hydrogen-bond donors (Lipinski definition) is 1. The molecule has 3 aromatic rings. The Labute approximate surface area is 224 Å². The standard InChI is InChI=1S/C32H33N3O3/c1-19(36)34-23-12-10-20(11-13-23)21-8-7-9-22(16-21)28-27-25(17-31(2,3)35-28)24(14-15-33)29(37-6)30-26(27)18-32(4,5)38-30/h7-13,16H,14,17-18H2,1-6H3,(H,34,36). The number of hydrogen-bond acceptors (Lipinski definition) is 5. The summed E-state index contributed by atoms with van der Waals surface area (Å²) in [6.45, 7) is 9.94. The van der Waals surface area contributed by atoms with Crippen LogP contribution in [0, 0.1) is 11.3 Å². The van der Waals surface area contributed by atoms with Crippen molar-refractivity contribution in [1.82, 2.24) is 0 Å². The highest BCUT2D eigenvalue weighted by Gasteiger charge is 2.41. The second kappa shape index (κ2) is 9.33. The lowest BCUT2D eigenvalue weighted by molar-refractivity contribution is -0.114. The van der Waals surface area contributed by atoms with Gasteiger partial charge in [0, 0.05) is 41.3 Å². The lowest BCUT2D eigenvalue weighted by Crippen LogP contribution is -2.31. The minimum Gasteiger partial charge on any atom is -0.493 e. The molecule has 2 aliphatic heterocycles. The van der Waals surface area contributed by atoms with Gasteiger partial charge in [0.1, 0.15) is 5.60 Å². The molecule has 0 spiro atoms. The Hall–Kier alpha value is -4.11. The molecule has 0 unspecified atom stereocenters. The zero-order valence-corrected chi connectivity index (χ0v) is 22.9. The van der Waals surface area contributed by atoms with Gasteiger partial charge in [-0.2, -0.15) is 5.26 Å². The molecule has 0 bridgehead atoms. The normalized spacial score (nSPS) is 16.4. The van der Waals surface area contributed by atoms with Crippen LogP contribution in [-0.2, 0) is 24.1 Å². The van der Waals surface area contributed by atoms with Crippen LogP contribution in [0.1, 0.15) is 62.4 Å². The van der Waals surface area contributed by atoms with Gasteiger partial charge in [-0.15, -0.1) is 0 Å². The number of carbonyl (C=O) groups excluding carboxylic acids is 1. The Morgan fingerprint density at radius 1 is 1.05 bits per heavy atom. The molecule has 194 valence electrons. The average molecular weight is 508 g/mol. The summed E-state index contributed by atoms with van der Waals surface area (Å²) in [5, 5.41) is 12.6. The van der Waals surface area contributed by atoms with E-state index in [0.29, 0.717) is 5.75 Å². The first kappa shape index (κ1) is 25.5. The lowest BCUT2D eigenvalue weighted by Gasteiger charge is -2.33. The first-order chi connectivity index (χ1) is 18.0.